The second kappa shape index (κ2) is 24.5. The van der Waals surface area contributed by atoms with Crippen molar-refractivity contribution < 1.29 is 0 Å². The van der Waals surface area contributed by atoms with Gasteiger partial charge in [-0.3, -0.25) is 4.99 Å². The number of fused-ring (bicyclic) bond motifs is 1. The molecule has 5 atom stereocenters. The van der Waals surface area contributed by atoms with Crippen molar-refractivity contribution in [3.05, 3.63) is 251 Å². The zero-order valence-corrected chi connectivity index (χ0v) is 40.6. The Labute approximate surface area is 394 Å². The first-order chi connectivity index (χ1) is 31.9. The average molecular weight is 858 g/mol. The van der Waals surface area contributed by atoms with Crippen LogP contribution in [0.25, 0.3) is 0 Å². The quantitative estimate of drug-likeness (QED) is 0.149. The van der Waals surface area contributed by atoms with Crippen molar-refractivity contribution in [2.75, 3.05) is 0 Å². The van der Waals surface area contributed by atoms with Crippen LogP contribution in [0, 0.1) is 23.7 Å². The summed E-state index contributed by atoms with van der Waals surface area (Å²) in [6.45, 7) is 20.0. The van der Waals surface area contributed by atoms with Crippen LogP contribution in [0.5, 0.6) is 0 Å². The SMILES string of the molecule is C=C1C(CCC)/C(=C/C=C\CC)CC1(c1ccccc1)c1ccccc1C1CC(/C=C(\C=C/C)C2=NC(C3=CC=CC=CC3)=CC(C3C=CC=C3)=CC2)=CC2C=CC=CC21.CC.CCC. The average Bonchev–Trinajstić information content (AvgIpc) is 3.77. The Morgan fingerprint density at radius 2 is 1.58 bits per heavy atom. The van der Waals surface area contributed by atoms with Gasteiger partial charge in [0.2, 0.25) is 0 Å². The van der Waals surface area contributed by atoms with Crippen LogP contribution in [0.1, 0.15) is 122 Å². The highest BCUT2D eigenvalue weighted by molar-refractivity contribution is 6.05. The summed E-state index contributed by atoms with van der Waals surface area (Å²) in [6, 6.07) is 20.7. The molecular weight excluding hydrogens is 783 g/mol. The predicted molar refractivity (Wildman–Crippen MR) is 285 cm³/mol. The molecular formula is C64H75N. The minimum atomic E-state index is -0.316. The fourth-order valence-corrected chi connectivity index (χ4v) is 10.5. The maximum atomic E-state index is 5.53. The van der Waals surface area contributed by atoms with Gasteiger partial charge in [-0.2, -0.15) is 0 Å². The van der Waals surface area contributed by atoms with Crippen LogP contribution in [0.15, 0.2) is 239 Å². The predicted octanol–water partition coefficient (Wildman–Crippen LogP) is 17.8. The Bertz CT molecular complexity index is 2420. The zero-order chi connectivity index (χ0) is 46.0. The molecule has 1 nitrogen and oxygen atoms in total. The first-order valence-electron chi connectivity index (χ1n) is 24.9. The lowest BCUT2D eigenvalue weighted by Gasteiger charge is -2.41. The second-order valence-electron chi connectivity index (χ2n) is 17.8. The lowest BCUT2D eigenvalue weighted by Crippen LogP contribution is -2.31. The molecule has 5 aliphatic carbocycles. The first kappa shape index (κ1) is 48.7. The summed E-state index contributed by atoms with van der Waals surface area (Å²) >= 11 is 0. The number of allylic oxidation sites excluding steroid dienone is 28. The third-order valence-electron chi connectivity index (χ3n) is 13.3. The Balaban J connectivity index is 0.00000134. The van der Waals surface area contributed by atoms with Crippen LogP contribution in [0.4, 0.5) is 0 Å². The highest BCUT2D eigenvalue weighted by atomic mass is 14.8. The minimum absolute atomic E-state index is 0.276. The smallest absolute Gasteiger partial charge is 0.0671 e. The van der Waals surface area contributed by atoms with Crippen molar-refractivity contribution in [1.29, 1.82) is 0 Å². The van der Waals surface area contributed by atoms with E-state index in [9.17, 15) is 0 Å². The number of rotatable bonds is 12. The second-order valence-corrected chi connectivity index (χ2v) is 17.8. The van der Waals surface area contributed by atoms with Crippen molar-refractivity contribution in [3.63, 3.8) is 0 Å². The molecule has 2 aromatic rings. The summed E-state index contributed by atoms with van der Waals surface area (Å²) in [5, 5.41) is 0. The van der Waals surface area contributed by atoms with Gasteiger partial charge in [0.1, 0.15) is 0 Å². The maximum absolute atomic E-state index is 5.53. The molecule has 6 aliphatic rings. The van der Waals surface area contributed by atoms with Gasteiger partial charge in [0.25, 0.3) is 0 Å². The fourth-order valence-electron chi connectivity index (χ4n) is 10.5. The van der Waals surface area contributed by atoms with Gasteiger partial charge < -0.3 is 0 Å². The normalized spacial score (nSPS) is 25.6. The van der Waals surface area contributed by atoms with Crippen molar-refractivity contribution in [2.45, 2.75) is 111 Å². The Morgan fingerprint density at radius 3 is 2.34 bits per heavy atom. The number of nitrogens with zero attached hydrogens (tertiary/aromatic N) is 1. The van der Waals surface area contributed by atoms with Crippen molar-refractivity contribution in [3.8, 4) is 0 Å². The molecule has 0 saturated heterocycles. The van der Waals surface area contributed by atoms with Gasteiger partial charge in [0.05, 0.1) is 11.4 Å². The van der Waals surface area contributed by atoms with Gasteiger partial charge in [-0.1, -0.05) is 260 Å². The van der Waals surface area contributed by atoms with Gasteiger partial charge in [0.15, 0.2) is 0 Å². The van der Waals surface area contributed by atoms with Crippen LogP contribution in [-0.4, -0.2) is 5.71 Å². The lowest BCUT2D eigenvalue weighted by atomic mass is 9.62. The minimum Gasteiger partial charge on any atom is -0.252 e. The van der Waals surface area contributed by atoms with Gasteiger partial charge >= 0.3 is 0 Å². The molecule has 0 N–H and O–H groups in total. The molecule has 0 bridgehead atoms. The van der Waals surface area contributed by atoms with E-state index in [1.165, 1.54) is 56.5 Å². The van der Waals surface area contributed by atoms with E-state index in [2.05, 4.69) is 223 Å². The summed E-state index contributed by atoms with van der Waals surface area (Å²) in [5.74, 6) is 1.57. The summed E-state index contributed by atoms with van der Waals surface area (Å²) in [5.41, 5.74) is 14.0. The molecule has 0 amide bonds. The van der Waals surface area contributed by atoms with Crippen LogP contribution < -0.4 is 0 Å². The van der Waals surface area contributed by atoms with Crippen LogP contribution >= 0.6 is 0 Å². The molecule has 1 fully saturated rings. The number of hydrogen-bond acceptors (Lipinski definition) is 1. The van der Waals surface area contributed by atoms with Crippen LogP contribution in [-0.2, 0) is 5.41 Å². The van der Waals surface area contributed by atoms with Crippen molar-refractivity contribution in [1.82, 2.24) is 0 Å². The van der Waals surface area contributed by atoms with E-state index in [0.717, 1.165) is 56.4 Å². The Morgan fingerprint density at radius 1 is 0.846 bits per heavy atom. The number of aliphatic imine (C=N–C) groups is 1. The summed E-state index contributed by atoms with van der Waals surface area (Å²) in [7, 11) is 0. The molecule has 2 aromatic carbocycles. The van der Waals surface area contributed by atoms with E-state index in [-0.39, 0.29) is 17.3 Å². The van der Waals surface area contributed by atoms with E-state index in [0.29, 0.717) is 17.8 Å². The summed E-state index contributed by atoms with van der Waals surface area (Å²) in [4.78, 5) is 5.53. The molecule has 65 heavy (non-hydrogen) atoms. The molecule has 5 unspecified atom stereocenters. The summed E-state index contributed by atoms with van der Waals surface area (Å²) in [6.07, 6.45) is 58.4. The lowest BCUT2D eigenvalue weighted by molar-refractivity contribution is 0.412. The van der Waals surface area contributed by atoms with Crippen LogP contribution in [0.3, 0.4) is 0 Å². The molecule has 0 aromatic heterocycles. The van der Waals surface area contributed by atoms with E-state index >= 15 is 0 Å². The highest BCUT2D eigenvalue weighted by Crippen LogP contribution is 2.58. The van der Waals surface area contributed by atoms with E-state index in [1.54, 1.807) is 0 Å². The molecule has 1 heteroatoms. The van der Waals surface area contributed by atoms with E-state index in [1.807, 2.05) is 13.8 Å². The van der Waals surface area contributed by atoms with Gasteiger partial charge in [-0.15, -0.1) is 0 Å². The van der Waals surface area contributed by atoms with Crippen molar-refractivity contribution >= 4 is 5.71 Å². The fraction of sp³-hybridized carbons (Fsp3) is 0.328. The molecule has 8 rings (SSSR count). The van der Waals surface area contributed by atoms with E-state index in [4.69, 9.17) is 11.6 Å². The Kier molecular flexibility index (Phi) is 18.3. The first-order valence-corrected chi connectivity index (χ1v) is 24.9. The van der Waals surface area contributed by atoms with Gasteiger partial charge in [-0.05, 0) is 90.3 Å². The number of benzene rings is 2. The number of hydrogen-bond donors (Lipinski definition) is 0. The highest BCUT2D eigenvalue weighted by Gasteiger charge is 2.49. The maximum Gasteiger partial charge on any atom is 0.0671 e. The standard InChI is InChI=1S/C59H61N.C3H8.C2H6/c1-5-8-12-30-50-42-59(43(4)52(50)24-7-3,51-31-15-11-16-32-51)56-35-22-21-34-54(56)55-40-44(38-48-29-19-20-33-53(48)55)39-49(23-6-2)57-37-36-47(45-25-17-18-26-45)41-58(60-57)46-27-13-9-10-14-28-46;1-3-2;1-2/h6,8-23,25-27,29-36,38-39,41,45,48,52-53,55H,4-5,7,24,28,37,40,42H2,1-3H3;3H2,1-2H3;1-2H3/b12-8-,23-6-,49-39+,50-30+;;. The van der Waals surface area contributed by atoms with Crippen LogP contribution in [0.2, 0.25) is 0 Å². The van der Waals surface area contributed by atoms with Gasteiger partial charge in [-0.25, -0.2) is 0 Å². The third kappa shape index (κ3) is 11.4. The molecule has 1 saturated carbocycles. The monoisotopic (exact) mass is 858 g/mol. The Hall–Kier alpha value is -5.79. The summed E-state index contributed by atoms with van der Waals surface area (Å²) < 4.78 is 0. The molecule has 1 aliphatic heterocycles. The molecule has 0 spiro atoms. The molecule has 1 heterocycles. The van der Waals surface area contributed by atoms with Gasteiger partial charge in [0, 0.05) is 29.6 Å². The largest absolute Gasteiger partial charge is 0.252 e. The third-order valence-corrected chi connectivity index (χ3v) is 13.3. The molecule has 336 valence electrons. The van der Waals surface area contributed by atoms with Crippen molar-refractivity contribution in [2.24, 2.45) is 28.7 Å². The zero-order valence-electron chi connectivity index (χ0n) is 40.6. The molecule has 0 radical (unpaired) electrons. The van der Waals surface area contributed by atoms with E-state index < -0.39 is 0 Å². The topological polar surface area (TPSA) is 12.4 Å².